The number of hydrogen-bond acceptors (Lipinski definition) is 4. The number of methoxy groups -OCH3 is 1. The number of hydrogen-bond donors (Lipinski definition) is 1. The average Bonchev–Trinajstić information content (AvgIpc) is 3.27. The minimum atomic E-state index is -0.295. The Labute approximate surface area is 201 Å². The zero-order valence-electron chi connectivity index (χ0n) is 18.6. The summed E-state index contributed by atoms with van der Waals surface area (Å²) in [5, 5.41) is 6.54. The lowest BCUT2D eigenvalue weighted by molar-refractivity contribution is -0.111. The van der Waals surface area contributed by atoms with Crippen LogP contribution in [-0.2, 0) is 4.79 Å². The molecule has 0 saturated carbocycles. The van der Waals surface area contributed by atoms with Gasteiger partial charge in [0.05, 0.1) is 18.4 Å². The molecule has 0 atom stereocenters. The molecule has 2 aromatic heterocycles. The van der Waals surface area contributed by atoms with Crippen LogP contribution >= 0.6 is 11.6 Å². The van der Waals surface area contributed by atoms with Crippen LogP contribution in [0.3, 0.4) is 0 Å². The van der Waals surface area contributed by atoms with E-state index in [1.807, 2.05) is 31.2 Å². The maximum atomic E-state index is 12.6. The maximum absolute atomic E-state index is 12.6. The summed E-state index contributed by atoms with van der Waals surface area (Å²) < 4.78 is 11.5. The van der Waals surface area contributed by atoms with Gasteiger partial charge in [0, 0.05) is 34.9 Å². The molecule has 1 amide bonds. The Morgan fingerprint density at radius 2 is 1.88 bits per heavy atom. The van der Waals surface area contributed by atoms with E-state index in [0.29, 0.717) is 22.2 Å². The van der Waals surface area contributed by atoms with Crippen molar-refractivity contribution in [3.63, 3.8) is 0 Å². The van der Waals surface area contributed by atoms with Crippen LogP contribution in [0.4, 0.5) is 5.82 Å². The number of anilines is 1. The van der Waals surface area contributed by atoms with E-state index in [1.54, 1.807) is 25.5 Å². The molecule has 3 aromatic carbocycles. The van der Waals surface area contributed by atoms with Gasteiger partial charge in [0.1, 0.15) is 17.2 Å². The monoisotopic (exact) mass is 468 g/mol. The first-order valence-electron chi connectivity index (χ1n) is 10.7. The zero-order chi connectivity index (χ0) is 23.7. The fourth-order valence-electron chi connectivity index (χ4n) is 4.00. The zero-order valence-corrected chi connectivity index (χ0v) is 19.4. The van der Waals surface area contributed by atoms with E-state index >= 15 is 0 Å². The molecule has 0 spiro atoms. The quantitative estimate of drug-likeness (QED) is 0.274. The van der Waals surface area contributed by atoms with Gasteiger partial charge < -0.3 is 14.5 Å². The van der Waals surface area contributed by atoms with E-state index in [0.717, 1.165) is 33.0 Å². The second-order valence-corrected chi connectivity index (χ2v) is 8.37. The number of rotatable bonds is 5. The van der Waals surface area contributed by atoms with Crippen molar-refractivity contribution in [1.29, 1.82) is 0 Å². The molecule has 0 aliphatic rings. The minimum Gasteiger partial charge on any atom is -0.496 e. The van der Waals surface area contributed by atoms with Crippen LogP contribution in [-0.4, -0.2) is 18.0 Å². The highest BCUT2D eigenvalue weighted by Crippen LogP contribution is 2.38. The van der Waals surface area contributed by atoms with E-state index in [-0.39, 0.29) is 5.91 Å². The van der Waals surface area contributed by atoms with Crippen LogP contribution < -0.4 is 10.1 Å². The predicted molar refractivity (Wildman–Crippen MR) is 137 cm³/mol. The SMILES string of the molecule is COc1cc2occ(-c3ccc4ccccc4c3)c2cc1/C(C)=C/C(=O)Nc1ccc(Cl)cn1. The molecule has 2 heterocycles. The number of pyridine rings is 1. The van der Waals surface area contributed by atoms with E-state index in [9.17, 15) is 4.79 Å². The second kappa shape index (κ2) is 9.04. The van der Waals surface area contributed by atoms with Crippen molar-refractivity contribution in [3.05, 3.63) is 95.9 Å². The summed E-state index contributed by atoms with van der Waals surface area (Å²) in [4.78, 5) is 16.7. The highest BCUT2D eigenvalue weighted by Gasteiger charge is 2.15. The van der Waals surface area contributed by atoms with Gasteiger partial charge in [-0.15, -0.1) is 0 Å². The van der Waals surface area contributed by atoms with Crippen molar-refractivity contribution in [2.75, 3.05) is 12.4 Å². The Morgan fingerprint density at radius 3 is 2.65 bits per heavy atom. The van der Waals surface area contributed by atoms with Crippen molar-refractivity contribution in [2.24, 2.45) is 0 Å². The number of nitrogens with one attached hydrogen (secondary N) is 1. The molecule has 1 N–H and O–H groups in total. The molecule has 0 unspecified atom stereocenters. The molecule has 168 valence electrons. The molecule has 0 saturated heterocycles. The number of allylic oxidation sites excluding steroid dienone is 1. The maximum Gasteiger partial charge on any atom is 0.249 e. The van der Waals surface area contributed by atoms with Crippen LogP contribution in [0.25, 0.3) is 38.4 Å². The van der Waals surface area contributed by atoms with Crippen LogP contribution in [0, 0.1) is 0 Å². The van der Waals surface area contributed by atoms with Gasteiger partial charge >= 0.3 is 0 Å². The van der Waals surface area contributed by atoms with Gasteiger partial charge in [-0.2, -0.15) is 0 Å². The largest absolute Gasteiger partial charge is 0.496 e. The molecule has 5 rings (SSSR count). The van der Waals surface area contributed by atoms with Crippen molar-refractivity contribution in [2.45, 2.75) is 6.92 Å². The number of fused-ring (bicyclic) bond motifs is 2. The third-order valence-corrected chi connectivity index (χ3v) is 5.93. The van der Waals surface area contributed by atoms with E-state index in [2.05, 4.69) is 40.6 Å². The fourth-order valence-corrected chi connectivity index (χ4v) is 4.11. The molecule has 5 nitrogen and oxygen atoms in total. The minimum absolute atomic E-state index is 0.295. The van der Waals surface area contributed by atoms with Crippen LogP contribution in [0.1, 0.15) is 12.5 Å². The number of halogens is 1. The van der Waals surface area contributed by atoms with Crippen molar-refractivity contribution < 1.29 is 13.9 Å². The van der Waals surface area contributed by atoms with Crippen LogP contribution in [0.5, 0.6) is 5.75 Å². The van der Waals surface area contributed by atoms with Gasteiger partial charge in [0.25, 0.3) is 0 Å². The van der Waals surface area contributed by atoms with Gasteiger partial charge in [-0.05, 0) is 53.1 Å². The standard InChI is InChI=1S/C28H21ClN2O3/c1-17(11-28(32)31-27-10-9-21(29)15-30-27)22-13-23-24(16-34-26(23)14-25(22)33-2)20-8-7-18-5-3-4-6-19(18)12-20/h3-16H,1-2H3,(H,30,31,32)/b17-11+. The molecule has 6 heteroatoms. The highest BCUT2D eigenvalue weighted by molar-refractivity contribution is 6.30. The fraction of sp³-hybridized carbons (Fsp3) is 0.0714. The summed E-state index contributed by atoms with van der Waals surface area (Å²) in [6.07, 6.45) is 4.77. The first-order valence-corrected chi connectivity index (χ1v) is 11.1. The number of nitrogens with zero attached hydrogens (tertiary/aromatic N) is 1. The normalized spacial score (nSPS) is 11.7. The molecular weight excluding hydrogens is 448 g/mol. The summed E-state index contributed by atoms with van der Waals surface area (Å²) in [5.74, 6) is 0.754. The lowest BCUT2D eigenvalue weighted by Crippen LogP contribution is -2.09. The summed E-state index contributed by atoms with van der Waals surface area (Å²) in [6, 6.07) is 21.8. The summed E-state index contributed by atoms with van der Waals surface area (Å²) in [6.45, 7) is 1.87. The number of furan rings is 1. The van der Waals surface area contributed by atoms with Crippen LogP contribution in [0.15, 0.2) is 89.7 Å². The molecule has 0 fully saturated rings. The predicted octanol–water partition coefficient (Wildman–Crippen LogP) is 7.35. The van der Waals surface area contributed by atoms with Gasteiger partial charge in [0.15, 0.2) is 0 Å². The van der Waals surface area contributed by atoms with Gasteiger partial charge in [0.2, 0.25) is 5.91 Å². The number of carbonyl (C=O) groups is 1. The Bertz CT molecular complexity index is 1550. The third-order valence-electron chi connectivity index (χ3n) is 5.71. The van der Waals surface area contributed by atoms with E-state index in [1.165, 1.54) is 17.7 Å². The molecule has 5 aromatic rings. The van der Waals surface area contributed by atoms with Gasteiger partial charge in [-0.25, -0.2) is 4.98 Å². The van der Waals surface area contributed by atoms with Crippen LogP contribution in [0.2, 0.25) is 5.02 Å². The van der Waals surface area contributed by atoms with E-state index in [4.69, 9.17) is 20.8 Å². The van der Waals surface area contributed by atoms with Gasteiger partial charge in [-0.3, -0.25) is 4.79 Å². The third kappa shape index (κ3) is 4.26. The molecule has 0 aliphatic carbocycles. The van der Waals surface area contributed by atoms with Crippen molar-refractivity contribution >= 4 is 50.6 Å². The molecule has 0 radical (unpaired) electrons. The Balaban J connectivity index is 1.53. The molecular formula is C28H21ClN2O3. The summed E-state index contributed by atoms with van der Waals surface area (Å²) in [5.41, 5.74) is 4.30. The molecule has 34 heavy (non-hydrogen) atoms. The number of aromatic nitrogens is 1. The number of amides is 1. The van der Waals surface area contributed by atoms with Crippen molar-refractivity contribution in [1.82, 2.24) is 4.98 Å². The Kier molecular flexibility index (Phi) is 5.78. The lowest BCUT2D eigenvalue weighted by atomic mass is 9.97. The second-order valence-electron chi connectivity index (χ2n) is 7.94. The number of benzene rings is 3. The highest BCUT2D eigenvalue weighted by atomic mass is 35.5. The Hall–Kier alpha value is -4.09. The lowest BCUT2D eigenvalue weighted by Gasteiger charge is -2.10. The smallest absolute Gasteiger partial charge is 0.249 e. The van der Waals surface area contributed by atoms with Gasteiger partial charge in [-0.1, -0.05) is 48.0 Å². The first kappa shape index (κ1) is 21.7. The van der Waals surface area contributed by atoms with E-state index < -0.39 is 0 Å². The molecule has 0 bridgehead atoms. The topological polar surface area (TPSA) is 64.4 Å². The summed E-state index contributed by atoms with van der Waals surface area (Å²) >= 11 is 5.86. The van der Waals surface area contributed by atoms with Crippen molar-refractivity contribution in [3.8, 4) is 16.9 Å². The molecule has 0 aliphatic heterocycles. The average molecular weight is 469 g/mol. The number of ether oxygens (including phenoxy) is 1. The number of carbonyl (C=O) groups excluding carboxylic acids is 1. The summed E-state index contributed by atoms with van der Waals surface area (Å²) in [7, 11) is 1.60. The Morgan fingerprint density at radius 1 is 1.06 bits per heavy atom. The first-order chi connectivity index (χ1) is 16.5.